The van der Waals surface area contributed by atoms with Gasteiger partial charge in [0, 0.05) is 12.3 Å². The predicted octanol–water partition coefficient (Wildman–Crippen LogP) is 10.4. The van der Waals surface area contributed by atoms with E-state index in [1.807, 2.05) is 0 Å². The first-order valence-electron chi connectivity index (χ1n) is 17.0. The largest absolute Gasteiger partial charge is 0.469 e. The Morgan fingerprint density at radius 1 is 1.02 bits per heavy atom. The lowest BCUT2D eigenvalue weighted by Gasteiger charge is -2.51. The van der Waals surface area contributed by atoms with Crippen molar-refractivity contribution in [2.75, 3.05) is 7.11 Å². The van der Waals surface area contributed by atoms with E-state index >= 15 is 0 Å². The molecule has 2 fully saturated rings. The van der Waals surface area contributed by atoms with Gasteiger partial charge in [0.15, 0.2) is 16.6 Å². The van der Waals surface area contributed by atoms with Gasteiger partial charge in [0.1, 0.15) is 0 Å². The summed E-state index contributed by atoms with van der Waals surface area (Å²) in [6.07, 6.45) is 19.1. The second-order valence-electron chi connectivity index (χ2n) is 16.4. The number of carbonyl (C=O) groups excluding carboxylic acids is 1. The zero-order valence-electron chi connectivity index (χ0n) is 29.8. The maximum absolute atomic E-state index is 11.5. The van der Waals surface area contributed by atoms with Crippen LogP contribution in [0.3, 0.4) is 0 Å². The van der Waals surface area contributed by atoms with Gasteiger partial charge in [-0.25, -0.2) is 0 Å². The number of methoxy groups -OCH3 is 1. The van der Waals surface area contributed by atoms with Crippen LogP contribution in [-0.4, -0.2) is 41.9 Å². The second kappa shape index (κ2) is 15.4. The molecular formula is C36H65NO4Si2. The molecule has 0 aromatic heterocycles. The molecule has 0 radical (unpaired) electrons. The number of allylic oxidation sites excluding steroid dienone is 2. The number of carbonyl (C=O) groups is 1. The average Bonchev–Trinajstić information content (AvgIpc) is 3.19. The Labute approximate surface area is 267 Å². The van der Waals surface area contributed by atoms with E-state index in [1.54, 1.807) is 0 Å². The van der Waals surface area contributed by atoms with E-state index in [2.05, 4.69) is 105 Å². The number of ether oxygens (including phenoxy) is 1. The lowest BCUT2D eigenvalue weighted by atomic mass is 9.63. The van der Waals surface area contributed by atoms with Crippen molar-refractivity contribution in [1.82, 2.24) is 0 Å². The second-order valence-corrected chi connectivity index (χ2v) is 25.9. The first-order chi connectivity index (χ1) is 19.8. The van der Waals surface area contributed by atoms with Gasteiger partial charge in [-0.3, -0.25) is 4.79 Å². The van der Waals surface area contributed by atoms with E-state index < -0.39 is 16.6 Å². The molecule has 0 aromatic rings. The molecule has 2 rings (SSSR count). The van der Waals surface area contributed by atoms with Crippen LogP contribution in [0, 0.1) is 34.5 Å². The topological polar surface area (TPSA) is 68.6 Å². The standard InChI is InChI=1S/C36H65NO4Si2/c1-13-36(24-19-25-36)32(41-43(11,12)35(5,6)7)22-18-21-30-29(20-16-14-15-17-23-33(38)39-8)28(27-37)26-31(30)40-42(9,10)34(2,3)4/h14,16,18,21,28-32H,13,15,17,19-20,22-26H2,1-12H3/b16-14-,21-18+/t28-,29-,30+,31-,32?/m0/s1. The highest BCUT2D eigenvalue weighted by Crippen LogP contribution is 2.52. The quantitative estimate of drug-likeness (QED) is 0.0778. The molecule has 2 aliphatic carbocycles. The van der Waals surface area contributed by atoms with Crippen molar-refractivity contribution in [3.05, 3.63) is 24.3 Å². The van der Waals surface area contributed by atoms with Gasteiger partial charge in [0.25, 0.3) is 0 Å². The Morgan fingerprint density at radius 3 is 2.14 bits per heavy atom. The molecule has 0 heterocycles. The Morgan fingerprint density at radius 2 is 1.65 bits per heavy atom. The summed E-state index contributed by atoms with van der Waals surface area (Å²) in [7, 11) is -2.51. The Balaban J connectivity index is 2.32. The average molecular weight is 632 g/mol. The fourth-order valence-electron chi connectivity index (χ4n) is 6.23. The molecule has 43 heavy (non-hydrogen) atoms. The van der Waals surface area contributed by atoms with Crippen LogP contribution < -0.4 is 0 Å². The van der Waals surface area contributed by atoms with Crippen molar-refractivity contribution in [2.24, 2.45) is 23.2 Å². The number of nitriles is 1. The van der Waals surface area contributed by atoms with Crippen LogP contribution in [0.4, 0.5) is 0 Å². The van der Waals surface area contributed by atoms with E-state index in [0.717, 1.165) is 32.1 Å². The first kappa shape index (κ1) is 38.0. The minimum atomic E-state index is -2.02. The van der Waals surface area contributed by atoms with Gasteiger partial charge in [0.05, 0.1) is 31.3 Å². The number of unbranched alkanes of at least 4 members (excludes halogenated alkanes) is 1. The van der Waals surface area contributed by atoms with E-state index in [-0.39, 0.29) is 51.4 Å². The Kier molecular flexibility index (Phi) is 13.6. The molecule has 0 bridgehead atoms. The number of hydrogen-bond donors (Lipinski definition) is 0. The number of rotatable bonds is 15. The van der Waals surface area contributed by atoms with E-state index in [0.29, 0.717) is 6.42 Å². The molecule has 0 aliphatic heterocycles. The maximum Gasteiger partial charge on any atom is 0.305 e. The molecule has 2 aliphatic rings. The van der Waals surface area contributed by atoms with Crippen LogP contribution in [0.2, 0.25) is 36.3 Å². The molecule has 0 spiro atoms. The van der Waals surface area contributed by atoms with Crippen LogP contribution in [0.25, 0.3) is 0 Å². The zero-order chi connectivity index (χ0) is 32.7. The fraction of sp³-hybridized carbons (Fsp3) is 0.833. The third kappa shape index (κ3) is 9.89. The lowest BCUT2D eigenvalue weighted by molar-refractivity contribution is -0.140. The SMILES string of the molecule is CCC1(C(C/C=C/[C@@H]2[C@@H](C/C=C\CCCC(=O)OC)[C@H](C#N)C[C@@H]2O[Si](C)(C)C(C)(C)C)O[Si](C)(C)C(C)(C)C)CCC1. The van der Waals surface area contributed by atoms with E-state index in [1.165, 1.54) is 32.8 Å². The van der Waals surface area contributed by atoms with Crippen molar-refractivity contribution < 1.29 is 18.4 Å². The Bertz CT molecular complexity index is 989. The highest BCUT2D eigenvalue weighted by Gasteiger charge is 2.49. The third-order valence-electron chi connectivity index (χ3n) is 11.6. The lowest BCUT2D eigenvalue weighted by Crippen LogP contribution is -2.51. The first-order valence-corrected chi connectivity index (χ1v) is 22.8. The van der Waals surface area contributed by atoms with Crippen LogP contribution in [0.15, 0.2) is 24.3 Å². The molecule has 2 saturated carbocycles. The number of hydrogen-bond acceptors (Lipinski definition) is 5. The van der Waals surface area contributed by atoms with Gasteiger partial charge in [0.2, 0.25) is 0 Å². The highest BCUT2D eigenvalue weighted by molar-refractivity contribution is 6.74. The highest BCUT2D eigenvalue weighted by atomic mass is 28.4. The summed E-state index contributed by atoms with van der Waals surface area (Å²) in [6, 6.07) is 2.66. The van der Waals surface area contributed by atoms with E-state index in [4.69, 9.17) is 13.6 Å². The third-order valence-corrected chi connectivity index (χ3v) is 20.6. The summed E-state index contributed by atoms with van der Waals surface area (Å²) >= 11 is 0. The molecule has 5 atom stereocenters. The van der Waals surface area contributed by atoms with Crippen LogP contribution in [0.5, 0.6) is 0 Å². The van der Waals surface area contributed by atoms with Crippen molar-refractivity contribution in [3.63, 3.8) is 0 Å². The van der Waals surface area contributed by atoms with Crippen LogP contribution >= 0.6 is 0 Å². The molecule has 0 amide bonds. The van der Waals surface area contributed by atoms with Crippen LogP contribution in [0.1, 0.15) is 113 Å². The number of esters is 1. The molecule has 0 saturated heterocycles. The predicted molar refractivity (Wildman–Crippen MR) is 185 cm³/mol. The maximum atomic E-state index is 11.5. The summed E-state index contributed by atoms with van der Waals surface area (Å²) in [5.41, 5.74) is 0.286. The van der Waals surface area contributed by atoms with Crippen molar-refractivity contribution in [3.8, 4) is 6.07 Å². The van der Waals surface area contributed by atoms with Gasteiger partial charge < -0.3 is 13.6 Å². The van der Waals surface area contributed by atoms with Gasteiger partial charge >= 0.3 is 5.97 Å². The summed E-state index contributed by atoms with van der Waals surface area (Å²) in [4.78, 5) is 11.5. The summed E-state index contributed by atoms with van der Waals surface area (Å²) in [5.74, 6) is 0.228. The smallest absolute Gasteiger partial charge is 0.305 e. The minimum Gasteiger partial charge on any atom is -0.469 e. The minimum absolute atomic E-state index is 0.0305. The van der Waals surface area contributed by atoms with Gasteiger partial charge in [-0.15, -0.1) is 0 Å². The number of nitrogens with zero attached hydrogens (tertiary/aromatic N) is 1. The molecule has 7 heteroatoms. The summed E-state index contributed by atoms with van der Waals surface area (Å²) < 4.78 is 19.0. The zero-order valence-corrected chi connectivity index (χ0v) is 31.8. The van der Waals surface area contributed by atoms with E-state index in [9.17, 15) is 10.1 Å². The van der Waals surface area contributed by atoms with Crippen LogP contribution in [-0.2, 0) is 18.4 Å². The summed E-state index contributed by atoms with van der Waals surface area (Å²) in [6.45, 7) is 25.7. The molecule has 5 nitrogen and oxygen atoms in total. The molecule has 1 unspecified atom stereocenters. The van der Waals surface area contributed by atoms with Gasteiger partial charge in [-0.05, 0) is 99.0 Å². The van der Waals surface area contributed by atoms with Crippen molar-refractivity contribution >= 4 is 22.6 Å². The van der Waals surface area contributed by atoms with Crippen molar-refractivity contribution in [1.29, 1.82) is 5.26 Å². The fourth-order valence-corrected chi connectivity index (χ4v) is 9.01. The molecule has 0 N–H and O–H groups in total. The van der Waals surface area contributed by atoms with Gasteiger partial charge in [-0.2, -0.15) is 5.26 Å². The van der Waals surface area contributed by atoms with Crippen molar-refractivity contribution in [2.45, 2.75) is 161 Å². The Hall–Kier alpha value is -1.21. The monoisotopic (exact) mass is 631 g/mol. The molecule has 246 valence electrons. The molecule has 0 aromatic carbocycles. The van der Waals surface area contributed by atoms with Gasteiger partial charge in [-0.1, -0.05) is 79.2 Å². The normalized spacial score (nSPS) is 25.6. The summed E-state index contributed by atoms with van der Waals surface area (Å²) in [5, 5.41) is 10.5. The molecular weight excluding hydrogens is 567 g/mol.